The summed E-state index contributed by atoms with van der Waals surface area (Å²) in [6.07, 6.45) is 6.01. The van der Waals surface area contributed by atoms with Gasteiger partial charge in [-0.05, 0) is 24.3 Å². The number of anilines is 1. The molecule has 6 nitrogen and oxygen atoms in total. The molecule has 3 aromatic rings. The average molecular weight is 306 g/mol. The lowest BCUT2D eigenvalue weighted by Gasteiger charge is -2.22. The summed E-state index contributed by atoms with van der Waals surface area (Å²) in [6.45, 7) is 0.216. The molecule has 0 fully saturated rings. The van der Waals surface area contributed by atoms with Crippen molar-refractivity contribution in [2.45, 2.75) is 6.54 Å². The van der Waals surface area contributed by atoms with Crippen molar-refractivity contribution < 1.29 is 9.90 Å². The maximum Gasteiger partial charge on any atom is 0.278 e. The number of pyridine rings is 1. The topological polar surface area (TPSA) is 79.2 Å². The summed E-state index contributed by atoms with van der Waals surface area (Å²) in [5, 5.41) is 10.1. The van der Waals surface area contributed by atoms with E-state index in [1.165, 1.54) is 29.6 Å². The molecule has 2 heterocycles. The van der Waals surface area contributed by atoms with Crippen LogP contribution in [0.25, 0.3) is 0 Å². The fraction of sp³-hybridized carbons (Fsp3) is 0.0588. The zero-order chi connectivity index (χ0) is 16.1. The lowest BCUT2D eigenvalue weighted by atomic mass is 10.2. The molecule has 114 valence electrons. The zero-order valence-corrected chi connectivity index (χ0v) is 12.2. The molecule has 6 heteroatoms. The number of aromatic hydroxyl groups is 1. The van der Waals surface area contributed by atoms with Crippen LogP contribution >= 0.6 is 0 Å². The fourth-order valence-electron chi connectivity index (χ4n) is 2.16. The lowest BCUT2D eigenvalue weighted by Crippen LogP contribution is -2.31. The summed E-state index contributed by atoms with van der Waals surface area (Å²) in [5.74, 6) is -0.342. The third kappa shape index (κ3) is 3.32. The van der Waals surface area contributed by atoms with Crippen molar-refractivity contribution in [1.29, 1.82) is 0 Å². The summed E-state index contributed by atoms with van der Waals surface area (Å²) in [5.41, 5.74) is 1.30. The molecule has 0 saturated heterocycles. The molecular formula is C17H14N4O2. The number of para-hydroxylation sites is 2. The minimum atomic E-state index is -0.356. The van der Waals surface area contributed by atoms with Crippen LogP contribution in [-0.2, 0) is 6.54 Å². The standard InChI is InChI=1S/C17H14N4O2/c22-16-7-2-1-6-15(16)21(12-13-5-3-4-8-19-13)17(23)14-11-18-9-10-20-14/h1-11,22H,12H2. The number of carbonyl (C=O) groups excluding carboxylic acids is 1. The molecule has 0 aliphatic carbocycles. The smallest absolute Gasteiger partial charge is 0.278 e. The van der Waals surface area contributed by atoms with Gasteiger partial charge in [-0.15, -0.1) is 0 Å². The van der Waals surface area contributed by atoms with Gasteiger partial charge in [0.25, 0.3) is 5.91 Å². The predicted molar refractivity (Wildman–Crippen MR) is 84.9 cm³/mol. The molecule has 0 aliphatic heterocycles. The molecule has 3 rings (SSSR count). The molecule has 0 aliphatic rings. The van der Waals surface area contributed by atoms with E-state index in [2.05, 4.69) is 15.0 Å². The number of carbonyl (C=O) groups is 1. The van der Waals surface area contributed by atoms with Crippen LogP contribution in [0.1, 0.15) is 16.2 Å². The summed E-state index contributed by atoms with van der Waals surface area (Å²) in [4.78, 5) is 26.4. The number of amides is 1. The van der Waals surface area contributed by atoms with Gasteiger partial charge in [-0.1, -0.05) is 18.2 Å². The van der Waals surface area contributed by atoms with Crippen molar-refractivity contribution in [3.63, 3.8) is 0 Å². The van der Waals surface area contributed by atoms with Gasteiger partial charge < -0.3 is 5.11 Å². The highest BCUT2D eigenvalue weighted by Crippen LogP contribution is 2.28. The monoisotopic (exact) mass is 306 g/mol. The van der Waals surface area contributed by atoms with Crippen LogP contribution in [0.2, 0.25) is 0 Å². The third-order valence-corrected chi connectivity index (χ3v) is 3.25. The van der Waals surface area contributed by atoms with Crippen molar-refractivity contribution >= 4 is 11.6 Å². The van der Waals surface area contributed by atoms with Crippen molar-refractivity contribution in [1.82, 2.24) is 15.0 Å². The maximum absolute atomic E-state index is 12.8. The number of rotatable bonds is 4. The van der Waals surface area contributed by atoms with Gasteiger partial charge >= 0.3 is 0 Å². The second kappa shape index (κ2) is 6.65. The van der Waals surface area contributed by atoms with Gasteiger partial charge in [0.1, 0.15) is 11.4 Å². The Balaban J connectivity index is 2.00. The van der Waals surface area contributed by atoms with Gasteiger partial charge in [0.2, 0.25) is 0 Å². The van der Waals surface area contributed by atoms with Crippen LogP contribution in [0.3, 0.4) is 0 Å². The van der Waals surface area contributed by atoms with Crippen LogP contribution < -0.4 is 4.90 Å². The predicted octanol–water partition coefficient (Wildman–Crippen LogP) is 2.42. The Morgan fingerprint density at radius 2 is 1.83 bits per heavy atom. The van der Waals surface area contributed by atoms with Gasteiger partial charge in [0, 0.05) is 18.6 Å². The van der Waals surface area contributed by atoms with E-state index in [0.717, 1.165) is 0 Å². The lowest BCUT2D eigenvalue weighted by molar-refractivity contribution is 0.0979. The van der Waals surface area contributed by atoms with Crippen molar-refractivity contribution in [3.8, 4) is 5.75 Å². The van der Waals surface area contributed by atoms with Gasteiger partial charge in [0.05, 0.1) is 24.1 Å². The van der Waals surface area contributed by atoms with E-state index in [4.69, 9.17) is 0 Å². The number of aromatic nitrogens is 3. The maximum atomic E-state index is 12.8. The zero-order valence-electron chi connectivity index (χ0n) is 12.2. The first-order chi connectivity index (χ1) is 11.3. The Bertz CT molecular complexity index is 794. The number of nitrogens with zero attached hydrogens (tertiary/aromatic N) is 4. The largest absolute Gasteiger partial charge is 0.506 e. The highest BCUT2D eigenvalue weighted by Gasteiger charge is 2.22. The Labute approximate surface area is 133 Å². The molecule has 1 amide bonds. The number of benzene rings is 1. The molecule has 0 spiro atoms. The molecule has 0 unspecified atom stereocenters. The van der Waals surface area contributed by atoms with Gasteiger partial charge in [-0.2, -0.15) is 0 Å². The van der Waals surface area contributed by atoms with E-state index in [9.17, 15) is 9.90 Å². The van der Waals surface area contributed by atoms with E-state index >= 15 is 0 Å². The Kier molecular flexibility index (Phi) is 4.24. The van der Waals surface area contributed by atoms with E-state index in [1.807, 2.05) is 12.1 Å². The summed E-state index contributed by atoms with van der Waals surface area (Å²) >= 11 is 0. The van der Waals surface area contributed by atoms with E-state index < -0.39 is 0 Å². The highest BCUT2D eigenvalue weighted by atomic mass is 16.3. The molecule has 23 heavy (non-hydrogen) atoms. The fourth-order valence-corrected chi connectivity index (χ4v) is 2.16. The van der Waals surface area contributed by atoms with Crippen LogP contribution in [0.15, 0.2) is 67.3 Å². The first-order valence-corrected chi connectivity index (χ1v) is 7.01. The SMILES string of the molecule is O=C(c1cnccn1)N(Cc1ccccn1)c1ccccc1O. The molecule has 1 aromatic carbocycles. The van der Waals surface area contributed by atoms with Crippen LogP contribution in [0, 0.1) is 0 Å². The number of hydrogen-bond donors (Lipinski definition) is 1. The van der Waals surface area contributed by atoms with E-state index in [1.54, 1.807) is 30.5 Å². The number of phenols is 1. The minimum Gasteiger partial charge on any atom is -0.506 e. The molecule has 0 atom stereocenters. The van der Waals surface area contributed by atoms with Crippen molar-refractivity contribution in [2.24, 2.45) is 0 Å². The van der Waals surface area contributed by atoms with Crippen molar-refractivity contribution in [3.05, 3.63) is 78.6 Å². The van der Waals surface area contributed by atoms with E-state index in [-0.39, 0.29) is 23.9 Å². The average Bonchev–Trinajstić information content (AvgIpc) is 2.61. The molecule has 0 saturated carbocycles. The summed E-state index contributed by atoms with van der Waals surface area (Å²) < 4.78 is 0. The minimum absolute atomic E-state index is 0.0145. The molecule has 0 radical (unpaired) electrons. The van der Waals surface area contributed by atoms with Crippen molar-refractivity contribution in [2.75, 3.05) is 4.90 Å². The summed E-state index contributed by atoms with van der Waals surface area (Å²) in [6, 6.07) is 12.1. The summed E-state index contributed by atoms with van der Waals surface area (Å²) in [7, 11) is 0. The first kappa shape index (κ1) is 14.6. The number of phenolic OH excluding ortho intramolecular Hbond substituents is 1. The van der Waals surface area contributed by atoms with Gasteiger partial charge in [0.15, 0.2) is 0 Å². The third-order valence-electron chi connectivity index (χ3n) is 3.25. The number of hydrogen-bond acceptors (Lipinski definition) is 5. The van der Waals surface area contributed by atoms with Gasteiger partial charge in [-0.3, -0.25) is 19.7 Å². The quantitative estimate of drug-likeness (QED) is 0.801. The normalized spacial score (nSPS) is 10.3. The second-order valence-corrected chi connectivity index (χ2v) is 4.79. The molecular weight excluding hydrogens is 292 g/mol. The molecule has 1 N–H and O–H groups in total. The molecule has 0 bridgehead atoms. The van der Waals surface area contributed by atoms with Crippen LogP contribution in [-0.4, -0.2) is 26.0 Å². The van der Waals surface area contributed by atoms with Crippen LogP contribution in [0.4, 0.5) is 5.69 Å². The Morgan fingerprint density at radius 1 is 1.00 bits per heavy atom. The second-order valence-electron chi connectivity index (χ2n) is 4.79. The highest BCUT2D eigenvalue weighted by molar-refractivity contribution is 6.05. The van der Waals surface area contributed by atoms with Crippen LogP contribution in [0.5, 0.6) is 5.75 Å². The molecule has 2 aromatic heterocycles. The Hall–Kier alpha value is -3.28. The Morgan fingerprint density at radius 3 is 2.52 bits per heavy atom. The first-order valence-electron chi connectivity index (χ1n) is 7.01. The van der Waals surface area contributed by atoms with Gasteiger partial charge in [-0.25, -0.2) is 4.98 Å². The van der Waals surface area contributed by atoms with E-state index in [0.29, 0.717) is 11.4 Å².